The van der Waals surface area contributed by atoms with Crippen LogP contribution in [0.5, 0.6) is 5.75 Å². The number of ether oxygens (including phenoxy) is 1. The lowest BCUT2D eigenvalue weighted by molar-refractivity contribution is 0.252. The maximum atomic E-state index is 11.4. The van der Waals surface area contributed by atoms with E-state index in [1.165, 1.54) is 7.11 Å². The number of amides is 2. The van der Waals surface area contributed by atoms with Crippen LogP contribution >= 0.6 is 0 Å². The van der Waals surface area contributed by atoms with Crippen molar-refractivity contribution >= 4 is 17.6 Å². The molecule has 0 atom stereocenters. The molecule has 0 unspecified atom stereocenters. The van der Waals surface area contributed by atoms with Crippen molar-refractivity contribution in [3.05, 3.63) is 23.8 Å². The highest BCUT2D eigenvalue weighted by atomic mass is 16.5. The molecule has 98 valence electrons. The fourth-order valence-corrected chi connectivity index (χ4v) is 1.34. The predicted octanol–water partition coefficient (Wildman–Crippen LogP) is 0.931. The average molecular weight is 252 g/mol. The second-order valence-electron chi connectivity index (χ2n) is 3.38. The molecule has 1 aromatic carbocycles. The van der Waals surface area contributed by atoms with Crippen LogP contribution in [0.4, 0.5) is 10.5 Å². The van der Waals surface area contributed by atoms with Gasteiger partial charge in [-0.05, 0) is 25.1 Å². The van der Waals surface area contributed by atoms with Crippen LogP contribution in [0.3, 0.4) is 0 Å². The van der Waals surface area contributed by atoms with Crippen LogP contribution < -0.4 is 21.1 Å². The molecule has 0 saturated heterocycles. The first-order chi connectivity index (χ1) is 8.62. The number of nitrogens with one attached hydrogen (secondary N) is 2. The van der Waals surface area contributed by atoms with E-state index in [4.69, 9.17) is 15.7 Å². The zero-order valence-electron chi connectivity index (χ0n) is 10.2. The van der Waals surface area contributed by atoms with E-state index in [1.807, 2.05) is 6.92 Å². The number of benzene rings is 1. The van der Waals surface area contributed by atoms with E-state index in [0.717, 1.165) is 0 Å². The lowest BCUT2D eigenvalue weighted by Crippen LogP contribution is -2.28. The SMILES string of the molecule is CCNC(=O)Nc1ccc(/C(N)=N/O)cc1OC. The van der Waals surface area contributed by atoms with Gasteiger partial charge in [0.05, 0.1) is 12.8 Å². The summed E-state index contributed by atoms with van der Waals surface area (Å²) in [7, 11) is 1.47. The van der Waals surface area contributed by atoms with E-state index < -0.39 is 0 Å². The predicted molar refractivity (Wildman–Crippen MR) is 68.2 cm³/mol. The van der Waals surface area contributed by atoms with Crippen molar-refractivity contribution in [1.82, 2.24) is 5.32 Å². The molecule has 5 N–H and O–H groups in total. The highest BCUT2D eigenvalue weighted by Gasteiger charge is 2.09. The second kappa shape index (κ2) is 6.33. The van der Waals surface area contributed by atoms with Crippen LogP contribution in [-0.4, -0.2) is 30.7 Å². The van der Waals surface area contributed by atoms with E-state index in [1.54, 1.807) is 18.2 Å². The minimum atomic E-state index is -0.327. The number of anilines is 1. The number of amidine groups is 1. The summed E-state index contributed by atoms with van der Waals surface area (Å²) in [5, 5.41) is 16.7. The molecule has 0 radical (unpaired) electrons. The third-order valence-corrected chi connectivity index (χ3v) is 2.19. The molecule has 7 heteroatoms. The Hall–Kier alpha value is -2.44. The highest BCUT2D eigenvalue weighted by molar-refractivity contribution is 5.99. The summed E-state index contributed by atoms with van der Waals surface area (Å²) in [6.45, 7) is 2.34. The van der Waals surface area contributed by atoms with Gasteiger partial charge in [-0.1, -0.05) is 5.16 Å². The average Bonchev–Trinajstić information content (AvgIpc) is 2.38. The summed E-state index contributed by atoms with van der Waals surface area (Å²) in [5.41, 5.74) is 6.46. The number of urea groups is 1. The van der Waals surface area contributed by atoms with Crippen molar-refractivity contribution in [1.29, 1.82) is 0 Å². The van der Waals surface area contributed by atoms with Crippen LogP contribution in [0.25, 0.3) is 0 Å². The minimum Gasteiger partial charge on any atom is -0.495 e. The molecule has 7 nitrogen and oxygen atoms in total. The number of carbonyl (C=O) groups is 1. The van der Waals surface area contributed by atoms with Crippen molar-refractivity contribution in [2.45, 2.75) is 6.92 Å². The van der Waals surface area contributed by atoms with Crippen LogP contribution in [0.2, 0.25) is 0 Å². The maximum Gasteiger partial charge on any atom is 0.319 e. The number of oxime groups is 1. The van der Waals surface area contributed by atoms with Gasteiger partial charge in [-0.2, -0.15) is 0 Å². The molecule has 1 aromatic rings. The normalized spacial score (nSPS) is 10.9. The summed E-state index contributed by atoms with van der Waals surface area (Å²) in [6, 6.07) is 4.46. The topological polar surface area (TPSA) is 109 Å². The Morgan fingerprint density at radius 3 is 2.83 bits per heavy atom. The first-order valence-corrected chi connectivity index (χ1v) is 5.33. The van der Waals surface area contributed by atoms with Gasteiger partial charge in [0, 0.05) is 12.1 Å². The van der Waals surface area contributed by atoms with Crippen LogP contribution in [0.1, 0.15) is 12.5 Å². The number of methoxy groups -OCH3 is 1. The molecule has 0 spiro atoms. The summed E-state index contributed by atoms with van der Waals surface area (Å²) in [5.74, 6) is 0.392. The summed E-state index contributed by atoms with van der Waals surface area (Å²) >= 11 is 0. The van der Waals surface area contributed by atoms with Gasteiger partial charge in [-0.25, -0.2) is 4.79 Å². The molecule has 0 aliphatic heterocycles. The van der Waals surface area contributed by atoms with Gasteiger partial charge < -0.3 is 26.3 Å². The number of rotatable bonds is 4. The fraction of sp³-hybridized carbons (Fsp3) is 0.273. The van der Waals surface area contributed by atoms with Crippen LogP contribution in [0.15, 0.2) is 23.4 Å². The molecule has 0 fully saturated rings. The molecule has 0 aromatic heterocycles. The molecule has 1 rings (SSSR count). The Morgan fingerprint density at radius 2 is 2.28 bits per heavy atom. The highest BCUT2D eigenvalue weighted by Crippen LogP contribution is 2.25. The first-order valence-electron chi connectivity index (χ1n) is 5.33. The standard InChI is InChI=1S/C11H16N4O3/c1-3-13-11(16)14-8-5-4-7(10(12)15-17)6-9(8)18-2/h4-6,17H,3H2,1-2H3,(H2,12,15)(H2,13,14,16). The Kier molecular flexibility index (Phi) is 4.79. The maximum absolute atomic E-state index is 11.4. The van der Waals surface area contributed by atoms with Crippen molar-refractivity contribution in [2.24, 2.45) is 10.9 Å². The van der Waals surface area contributed by atoms with Gasteiger partial charge in [-0.15, -0.1) is 0 Å². The Balaban J connectivity index is 2.97. The van der Waals surface area contributed by atoms with Gasteiger partial charge >= 0.3 is 6.03 Å². The minimum absolute atomic E-state index is 0.0298. The third-order valence-electron chi connectivity index (χ3n) is 2.19. The summed E-state index contributed by atoms with van der Waals surface area (Å²) in [6.07, 6.45) is 0. The van der Waals surface area contributed by atoms with Crippen molar-refractivity contribution in [2.75, 3.05) is 19.0 Å². The number of nitrogens with zero attached hydrogens (tertiary/aromatic N) is 1. The molecular weight excluding hydrogens is 236 g/mol. The molecule has 0 aliphatic rings. The third kappa shape index (κ3) is 3.27. The first kappa shape index (κ1) is 13.6. The smallest absolute Gasteiger partial charge is 0.319 e. The number of hydrogen-bond acceptors (Lipinski definition) is 4. The summed E-state index contributed by atoms with van der Waals surface area (Å²) < 4.78 is 5.12. The number of hydrogen-bond donors (Lipinski definition) is 4. The van der Waals surface area contributed by atoms with Gasteiger partial charge in [0.1, 0.15) is 5.75 Å². The fourth-order valence-electron chi connectivity index (χ4n) is 1.34. The zero-order chi connectivity index (χ0) is 13.5. The molecule has 2 amide bonds. The largest absolute Gasteiger partial charge is 0.495 e. The monoisotopic (exact) mass is 252 g/mol. The van der Waals surface area contributed by atoms with E-state index in [2.05, 4.69) is 15.8 Å². The van der Waals surface area contributed by atoms with Crippen molar-refractivity contribution in [3.8, 4) is 5.75 Å². The molecular formula is C11H16N4O3. The molecule has 0 bridgehead atoms. The molecule has 18 heavy (non-hydrogen) atoms. The summed E-state index contributed by atoms with van der Waals surface area (Å²) in [4.78, 5) is 11.4. The van der Waals surface area contributed by atoms with Crippen molar-refractivity contribution in [3.63, 3.8) is 0 Å². The van der Waals surface area contributed by atoms with E-state index in [0.29, 0.717) is 23.5 Å². The number of carbonyl (C=O) groups excluding carboxylic acids is 1. The Morgan fingerprint density at radius 1 is 1.56 bits per heavy atom. The Bertz CT molecular complexity index is 460. The van der Waals surface area contributed by atoms with Crippen LogP contribution in [0, 0.1) is 0 Å². The second-order valence-corrected chi connectivity index (χ2v) is 3.38. The number of nitrogens with two attached hydrogens (primary N) is 1. The van der Waals surface area contributed by atoms with Crippen LogP contribution in [-0.2, 0) is 0 Å². The molecule has 0 aliphatic carbocycles. The lowest BCUT2D eigenvalue weighted by atomic mass is 10.1. The van der Waals surface area contributed by atoms with Gasteiger partial charge in [-0.3, -0.25) is 0 Å². The zero-order valence-corrected chi connectivity index (χ0v) is 10.2. The van der Waals surface area contributed by atoms with E-state index in [-0.39, 0.29) is 11.9 Å². The Labute approximate surface area is 105 Å². The molecule has 0 heterocycles. The lowest BCUT2D eigenvalue weighted by Gasteiger charge is -2.11. The van der Waals surface area contributed by atoms with E-state index >= 15 is 0 Å². The van der Waals surface area contributed by atoms with Gasteiger partial charge in [0.25, 0.3) is 0 Å². The molecule has 0 saturated carbocycles. The quantitative estimate of drug-likeness (QED) is 0.276. The van der Waals surface area contributed by atoms with Gasteiger partial charge in [0.15, 0.2) is 5.84 Å². The van der Waals surface area contributed by atoms with Gasteiger partial charge in [0.2, 0.25) is 0 Å². The van der Waals surface area contributed by atoms with Crippen molar-refractivity contribution < 1.29 is 14.7 Å². The van der Waals surface area contributed by atoms with E-state index in [9.17, 15) is 4.79 Å².